The van der Waals surface area contributed by atoms with Gasteiger partial charge in [-0.3, -0.25) is 14.2 Å². The maximum atomic E-state index is 13.3. The molecular weight excluding hydrogens is 497 g/mol. The van der Waals surface area contributed by atoms with Crippen molar-refractivity contribution in [3.05, 3.63) is 106 Å². The average Bonchev–Trinajstić information content (AvgIpc) is 3.46. The van der Waals surface area contributed by atoms with Crippen molar-refractivity contribution < 1.29 is 18.0 Å². The molecule has 11 heteroatoms. The number of hydrogen-bond acceptors (Lipinski definition) is 5. The summed E-state index contributed by atoms with van der Waals surface area (Å²) in [6.45, 7) is 2.94. The standard InChI is InChI=1S/C27H25F3N6O2/c1-2-36-25(38)22-16-34(24(37)19-5-9-21(10-6-19)35-14-12-31-17-35)13-11-23(22)33-26(36)32-15-18-3-7-20(8-4-18)27(28,29)30/h3-10,12,14,17H,2,11,13,15-16H2,1H3,(H,32,33). The number of anilines is 1. The smallest absolute Gasteiger partial charge is 0.351 e. The number of aromatic nitrogens is 4. The highest BCUT2D eigenvalue weighted by Gasteiger charge is 2.30. The van der Waals surface area contributed by atoms with Crippen LogP contribution in [0.2, 0.25) is 0 Å². The van der Waals surface area contributed by atoms with Crippen molar-refractivity contribution in [3.8, 4) is 5.69 Å². The molecule has 0 bridgehead atoms. The number of carbonyl (C=O) groups is 1. The molecular formula is C27H25F3N6O2. The molecule has 0 spiro atoms. The lowest BCUT2D eigenvalue weighted by Crippen LogP contribution is -2.41. The topological polar surface area (TPSA) is 85.0 Å². The van der Waals surface area contributed by atoms with E-state index in [2.05, 4.69) is 15.3 Å². The summed E-state index contributed by atoms with van der Waals surface area (Å²) in [5, 5.41) is 3.09. The van der Waals surface area contributed by atoms with Crippen molar-refractivity contribution in [2.24, 2.45) is 0 Å². The van der Waals surface area contributed by atoms with Gasteiger partial charge in [-0.1, -0.05) is 12.1 Å². The monoisotopic (exact) mass is 522 g/mol. The van der Waals surface area contributed by atoms with Crippen molar-refractivity contribution >= 4 is 11.9 Å². The van der Waals surface area contributed by atoms with Crippen molar-refractivity contribution in [1.29, 1.82) is 0 Å². The number of hydrogen-bond donors (Lipinski definition) is 1. The van der Waals surface area contributed by atoms with E-state index >= 15 is 0 Å². The lowest BCUT2D eigenvalue weighted by Gasteiger charge is -2.29. The Bertz CT molecular complexity index is 1490. The fraction of sp³-hybridized carbons (Fsp3) is 0.259. The molecule has 1 aliphatic rings. The first kappa shape index (κ1) is 25.2. The molecule has 38 heavy (non-hydrogen) atoms. The van der Waals surface area contributed by atoms with Crippen molar-refractivity contribution in [2.45, 2.75) is 39.2 Å². The van der Waals surface area contributed by atoms with Crippen molar-refractivity contribution in [3.63, 3.8) is 0 Å². The van der Waals surface area contributed by atoms with Gasteiger partial charge in [0.05, 0.1) is 29.7 Å². The molecule has 0 unspecified atom stereocenters. The number of amides is 1. The zero-order valence-electron chi connectivity index (χ0n) is 20.6. The van der Waals surface area contributed by atoms with E-state index in [1.165, 1.54) is 16.7 Å². The first-order valence-corrected chi connectivity index (χ1v) is 12.1. The number of alkyl halides is 3. The third-order valence-corrected chi connectivity index (χ3v) is 6.57. The first-order valence-electron chi connectivity index (χ1n) is 12.1. The molecule has 1 aliphatic heterocycles. The minimum atomic E-state index is -4.39. The van der Waals surface area contributed by atoms with Crippen LogP contribution < -0.4 is 10.9 Å². The third kappa shape index (κ3) is 5.04. The molecule has 196 valence electrons. The predicted octanol–water partition coefficient (Wildman–Crippen LogP) is 4.28. The van der Waals surface area contributed by atoms with Crippen LogP contribution in [0.5, 0.6) is 0 Å². The highest BCUT2D eigenvalue weighted by Crippen LogP contribution is 2.29. The number of halogens is 3. The molecule has 2 aromatic heterocycles. The minimum absolute atomic E-state index is 0.155. The number of benzene rings is 2. The van der Waals surface area contributed by atoms with Crippen molar-refractivity contribution in [1.82, 2.24) is 24.0 Å². The predicted molar refractivity (Wildman–Crippen MR) is 135 cm³/mol. The van der Waals surface area contributed by atoms with E-state index in [4.69, 9.17) is 0 Å². The van der Waals surface area contributed by atoms with E-state index in [9.17, 15) is 22.8 Å². The van der Waals surface area contributed by atoms with Gasteiger partial charge in [0.25, 0.3) is 11.5 Å². The summed E-state index contributed by atoms with van der Waals surface area (Å²) >= 11 is 0. The molecule has 5 rings (SSSR count). The summed E-state index contributed by atoms with van der Waals surface area (Å²) in [5.74, 6) is 0.186. The number of rotatable bonds is 6. The fourth-order valence-corrected chi connectivity index (χ4v) is 4.48. The molecule has 2 aromatic carbocycles. The van der Waals surface area contributed by atoms with Gasteiger partial charge in [-0.2, -0.15) is 13.2 Å². The largest absolute Gasteiger partial charge is 0.416 e. The van der Waals surface area contributed by atoms with Gasteiger partial charge in [0.2, 0.25) is 5.95 Å². The summed E-state index contributed by atoms with van der Waals surface area (Å²) in [7, 11) is 0. The van der Waals surface area contributed by atoms with Crippen molar-refractivity contribution in [2.75, 3.05) is 11.9 Å². The molecule has 0 aliphatic carbocycles. The molecule has 0 saturated carbocycles. The second-order valence-electron chi connectivity index (χ2n) is 8.95. The van der Waals surface area contributed by atoms with Crippen LogP contribution in [0.3, 0.4) is 0 Å². The average molecular weight is 523 g/mol. The van der Waals surface area contributed by atoms with Gasteiger partial charge in [0, 0.05) is 49.7 Å². The second kappa shape index (κ2) is 10.2. The van der Waals surface area contributed by atoms with Crippen LogP contribution in [0.15, 0.2) is 72.0 Å². The van der Waals surface area contributed by atoms with Gasteiger partial charge >= 0.3 is 6.18 Å². The van der Waals surface area contributed by atoms with Gasteiger partial charge in [0.1, 0.15) is 0 Å². The van der Waals surface area contributed by atoms with E-state index in [-0.39, 0.29) is 24.6 Å². The maximum Gasteiger partial charge on any atom is 0.416 e. The van der Waals surface area contributed by atoms with E-state index in [1.807, 2.05) is 29.8 Å². The number of nitrogens with one attached hydrogen (secondary N) is 1. The molecule has 0 atom stereocenters. The van der Waals surface area contributed by atoms with Gasteiger partial charge in [0.15, 0.2) is 0 Å². The minimum Gasteiger partial charge on any atom is -0.351 e. The number of imidazole rings is 1. The number of nitrogens with zero attached hydrogens (tertiary/aromatic N) is 5. The van der Waals surface area contributed by atoms with Gasteiger partial charge in [-0.05, 0) is 48.9 Å². The summed E-state index contributed by atoms with van der Waals surface area (Å²) in [5.41, 5.74) is 2.18. The Labute approximate surface area is 216 Å². The van der Waals surface area contributed by atoms with Crippen LogP contribution in [0.4, 0.5) is 19.1 Å². The second-order valence-corrected chi connectivity index (χ2v) is 8.95. The van der Waals surface area contributed by atoms with Gasteiger partial charge in [-0.15, -0.1) is 0 Å². The zero-order valence-corrected chi connectivity index (χ0v) is 20.6. The van der Waals surface area contributed by atoms with E-state index < -0.39 is 11.7 Å². The Morgan fingerprint density at radius 3 is 2.45 bits per heavy atom. The zero-order chi connectivity index (χ0) is 26.9. The lowest BCUT2D eigenvalue weighted by molar-refractivity contribution is -0.137. The molecule has 1 N–H and O–H groups in total. The van der Waals surface area contributed by atoms with Crippen LogP contribution in [-0.4, -0.2) is 36.5 Å². The molecule has 0 fully saturated rings. The normalized spacial score (nSPS) is 13.3. The van der Waals surface area contributed by atoms with Crippen LogP contribution in [0.1, 0.15) is 39.7 Å². The molecule has 0 radical (unpaired) electrons. The van der Waals surface area contributed by atoms with Crippen LogP contribution >= 0.6 is 0 Å². The Morgan fingerprint density at radius 1 is 1.08 bits per heavy atom. The lowest BCUT2D eigenvalue weighted by atomic mass is 10.1. The van der Waals surface area contributed by atoms with Crippen LogP contribution in [-0.2, 0) is 32.2 Å². The molecule has 8 nitrogen and oxygen atoms in total. The SMILES string of the molecule is CCn1c(NCc2ccc(C(F)(F)F)cc2)nc2c(c1=O)CN(C(=O)c1ccc(-n3ccnc3)cc1)CC2. The summed E-state index contributed by atoms with van der Waals surface area (Å²) < 4.78 is 41.8. The Hall–Kier alpha value is -4.41. The van der Waals surface area contributed by atoms with Gasteiger partial charge in [-0.25, -0.2) is 9.97 Å². The van der Waals surface area contributed by atoms with E-state index in [0.717, 1.165) is 17.8 Å². The molecule has 1 amide bonds. The molecule has 3 heterocycles. The Kier molecular flexibility index (Phi) is 6.75. The quantitative estimate of drug-likeness (QED) is 0.409. The molecule has 0 saturated heterocycles. The van der Waals surface area contributed by atoms with Gasteiger partial charge < -0.3 is 14.8 Å². The molecule has 4 aromatic rings. The highest BCUT2D eigenvalue weighted by molar-refractivity contribution is 5.94. The number of fused-ring (bicyclic) bond motifs is 1. The number of carbonyl (C=O) groups excluding carboxylic acids is 1. The van der Waals surface area contributed by atoms with E-state index in [0.29, 0.717) is 47.8 Å². The Morgan fingerprint density at radius 2 is 1.82 bits per heavy atom. The Balaban J connectivity index is 1.31. The third-order valence-electron chi connectivity index (χ3n) is 6.57. The first-order chi connectivity index (χ1) is 18.2. The maximum absolute atomic E-state index is 13.3. The van der Waals surface area contributed by atoms with E-state index in [1.54, 1.807) is 29.6 Å². The van der Waals surface area contributed by atoms with Crippen LogP contribution in [0.25, 0.3) is 5.69 Å². The fourth-order valence-electron chi connectivity index (χ4n) is 4.48. The summed E-state index contributed by atoms with van der Waals surface area (Å²) in [4.78, 5) is 36.8. The summed E-state index contributed by atoms with van der Waals surface area (Å²) in [6, 6.07) is 12.0. The van der Waals surface area contributed by atoms with Crippen LogP contribution in [0, 0.1) is 0 Å². The summed E-state index contributed by atoms with van der Waals surface area (Å²) in [6.07, 6.45) is 1.20. The highest BCUT2D eigenvalue weighted by atomic mass is 19.4.